The minimum absolute atomic E-state index is 0.673. The topological polar surface area (TPSA) is 20.2 Å². The monoisotopic (exact) mass is 196 g/mol. The Kier molecular flexibility index (Phi) is 3.58. The van der Waals surface area contributed by atoms with Gasteiger partial charge in [-0.3, -0.25) is 0 Å². The van der Waals surface area contributed by atoms with Crippen molar-refractivity contribution in [2.45, 2.75) is 37.7 Å². The summed E-state index contributed by atoms with van der Waals surface area (Å²) in [7, 11) is 6.33. The Labute approximate surface area is 87.5 Å². The molecule has 2 nitrogen and oxygen atoms in total. The molecule has 0 aromatic heterocycles. The molecule has 0 spiro atoms. The van der Waals surface area contributed by atoms with Gasteiger partial charge in [-0.1, -0.05) is 12.3 Å². The molecule has 0 amide bonds. The number of rotatable bonds is 1. The van der Waals surface area contributed by atoms with Crippen LogP contribution < -0.4 is 0 Å². The Balaban J connectivity index is 2.48. The molecule has 1 aliphatic rings. The lowest BCUT2D eigenvalue weighted by molar-refractivity contribution is -0.862. The Morgan fingerprint density at radius 3 is 2.21 bits per heavy atom. The molecular formula is C12H22NO+. The first-order valence-corrected chi connectivity index (χ1v) is 5.44. The number of aliphatic hydroxyl groups is 1. The van der Waals surface area contributed by atoms with Crippen LogP contribution in [-0.4, -0.2) is 42.9 Å². The third-order valence-electron chi connectivity index (χ3n) is 2.56. The fraction of sp³-hybridized carbons (Fsp3) is 0.833. The lowest BCUT2D eigenvalue weighted by Gasteiger charge is -2.27. The third kappa shape index (κ3) is 4.13. The molecule has 0 saturated heterocycles. The van der Waals surface area contributed by atoms with E-state index in [9.17, 15) is 5.11 Å². The van der Waals surface area contributed by atoms with Gasteiger partial charge >= 0.3 is 0 Å². The van der Waals surface area contributed by atoms with Gasteiger partial charge in [0.15, 0.2) is 0 Å². The van der Waals surface area contributed by atoms with Gasteiger partial charge in [0.1, 0.15) is 12.1 Å². The molecule has 0 atom stereocenters. The number of hydrogen-bond donors (Lipinski definition) is 1. The molecule has 0 aromatic rings. The first-order chi connectivity index (χ1) is 6.41. The number of quaternary nitrogens is 1. The number of hydrogen-bond acceptors (Lipinski definition) is 1. The largest absolute Gasteiger partial charge is 0.378 e. The van der Waals surface area contributed by atoms with Crippen molar-refractivity contribution in [3.63, 3.8) is 0 Å². The van der Waals surface area contributed by atoms with Crippen LogP contribution in [0.4, 0.5) is 0 Å². The van der Waals surface area contributed by atoms with Gasteiger partial charge in [0.2, 0.25) is 0 Å². The van der Waals surface area contributed by atoms with Crippen LogP contribution in [0.1, 0.15) is 32.1 Å². The summed E-state index contributed by atoms with van der Waals surface area (Å²) in [6, 6.07) is 0. The predicted octanol–water partition coefficient (Wildman–Crippen LogP) is 1.39. The second-order valence-corrected chi connectivity index (χ2v) is 5.34. The molecule has 0 unspecified atom stereocenters. The van der Waals surface area contributed by atoms with E-state index in [0.29, 0.717) is 0 Å². The zero-order valence-electron chi connectivity index (χ0n) is 9.64. The maximum absolute atomic E-state index is 10.1. The van der Waals surface area contributed by atoms with Crippen molar-refractivity contribution in [3.05, 3.63) is 0 Å². The lowest BCUT2D eigenvalue weighted by Crippen LogP contribution is -2.35. The van der Waals surface area contributed by atoms with Gasteiger partial charge in [-0.25, -0.2) is 0 Å². The molecule has 1 N–H and O–H groups in total. The van der Waals surface area contributed by atoms with E-state index < -0.39 is 5.60 Å². The van der Waals surface area contributed by atoms with E-state index in [-0.39, 0.29) is 0 Å². The average molecular weight is 196 g/mol. The van der Waals surface area contributed by atoms with E-state index in [4.69, 9.17) is 0 Å². The molecule has 0 aliphatic heterocycles. The molecule has 1 rings (SSSR count). The number of nitrogens with zero attached hydrogens (tertiary/aromatic N) is 1. The van der Waals surface area contributed by atoms with Crippen LogP contribution in [0.5, 0.6) is 0 Å². The summed E-state index contributed by atoms with van der Waals surface area (Å²) in [4.78, 5) is 0. The summed E-state index contributed by atoms with van der Waals surface area (Å²) in [6.45, 7) is 0.808. The van der Waals surface area contributed by atoms with Gasteiger partial charge in [0.05, 0.1) is 21.1 Å². The smallest absolute Gasteiger partial charge is 0.140 e. The maximum Gasteiger partial charge on any atom is 0.140 e. The highest BCUT2D eigenvalue weighted by atomic mass is 16.3. The summed E-state index contributed by atoms with van der Waals surface area (Å²) in [5, 5.41) is 10.1. The van der Waals surface area contributed by atoms with E-state index in [0.717, 1.165) is 36.7 Å². The van der Waals surface area contributed by atoms with E-state index in [1.54, 1.807) is 0 Å². The van der Waals surface area contributed by atoms with Crippen LogP contribution in [-0.2, 0) is 0 Å². The van der Waals surface area contributed by atoms with Crippen molar-refractivity contribution < 1.29 is 9.59 Å². The molecule has 1 fully saturated rings. The van der Waals surface area contributed by atoms with E-state index in [1.807, 2.05) is 0 Å². The van der Waals surface area contributed by atoms with Gasteiger partial charge in [-0.2, -0.15) is 0 Å². The molecule has 0 heterocycles. The third-order valence-corrected chi connectivity index (χ3v) is 2.56. The predicted molar refractivity (Wildman–Crippen MR) is 58.7 cm³/mol. The Hall–Kier alpha value is -0.520. The first kappa shape index (κ1) is 11.6. The van der Waals surface area contributed by atoms with E-state index in [1.165, 1.54) is 6.42 Å². The Bertz CT molecular complexity index is 235. The average Bonchev–Trinajstić information content (AvgIpc) is 2.02. The van der Waals surface area contributed by atoms with Crippen molar-refractivity contribution in [3.8, 4) is 11.8 Å². The SMILES string of the molecule is C[N+](C)(C)CC#CC1(O)CCCCC1. The van der Waals surface area contributed by atoms with E-state index in [2.05, 4.69) is 33.0 Å². The van der Waals surface area contributed by atoms with Gasteiger partial charge in [0, 0.05) is 0 Å². The van der Waals surface area contributed by atoms with Crippen molar-refractivity contribution in [1.29, 1.82) is 0 Å². The Morgan fingerprint density at radius 2 is 1.71 bits per heavy atom. The first-order valence-electron chi connectivity index (χ1n) is 5.44. The molecule has 2 heteroatoms. The van der Waals surface area contributed by atoms with Crippen LogP contribution in [0.3, 0.4) is 0 Å². The molecular weight excluding hydrogens is 174 g/mol. The van der Waals surface area contributed by atoms with Crippen LogP contribution in [0.15, 0.2) is 0 Å². The minimum Gasteiger partial charge on any atom is -0.378 e. The van der Waals surface area contributed by atoms with Crippen molar-refractivity contribution in [2.24, 2.45) is 0 Å². The molecule has 1 saturated carbocycles. The van der Waals surface area contributed by atoms with E-state index >= 15 is 0 Å². The summed E-state index contributed by atoms with van der Waals surface area (Å²) in [5.41, 5.74) is -0.673. The van der Waals surface area contributed by atoms with Crippen LogP contribution >= 0.6 is 0 Å². The Morgan fingerprint density at radius 1 is 1.14 bits per heavy atom. The van der Waals surface area contributed by atoms with Gasteiger partial charge in [-0.05, 0) is 31.6 Å². The maximum atomic E-state index is 10.1. The van der Waals surface area contributed by atoms with Crippen LogP contribution in [0.25, 0.3) is 0 Å². The highest BCUT2D eigenvalue weighted by Gasteiger charge is 2.26. The fourth-order valence-electron chi connectivity index (χ4n) is 1.70. The van der Waals surface area contributed by atoms with Gasteiger partial charge in [-0.15, -0.1) is 0 Å². The highest BCUT2D eigenvalue weighted by Crippen LogP contribution is 2.26. The zero-order chi connectivity index (χ0) is 10.7. The zero-order valence-corrected chi connectivity index (χ0v) is 9.64. The van der Waals surface area contributed by atoms with Gasteiger partial charge in [0.25, 0.3) is 0 Å². The van der Waals surface area contributed by atoms with Gasteiger partial charge < -0.3 is 9.59 Å². The molecule has 0 aromatic carbocycles. The second kappa shape index (κ2) is 4.33. The van der Waals surface area contributed by atoms with Crippen molar-refractivity contribution in [2.75, 3.05) is 27.7 Å². The van der Waals surface area contributed by atoms with Crippen LogP contribution in [0.2, 0.25) is 0 Å². The standard InChI is InChI=1S/C12H22NO/c1-13(2,3)11-7-10-12(14)8-5-4-6-9-12/h14H,4-6,8-9,11H2,1-3H3/q+1. The summed E-state index contributed by atoms with van der Waals surface area (Å²) in [6.07, 6.45) is 5.21. The van der Waals surface area contributed by atoms with Crippen molar-refractivity contribution >= 4 is 0 Å². The fourth-order valence-corrected chi connectivity index (χ4v) is 1.70. The quantitative estimate of drug-likeness (QED) is 0.496. The summed E-state index contributed by atoms with van der Waals surface area (Å²) >= 11 is 0. The molecule has 0 radical (unpaired) electrons. The normalized spacial score (nSPS) is 21.1. The van der Waals surface area contributed by atoms with Crippen LogP contribution in [0, 0.1) is 11.8 Å². The molecule has 80 valence electrons. The lowest BCUT2D eigenvalue weighted by atomic mass is 9.85. The summed E-state index contributed by atoms with van der Waals surface area (Å²) < 4.78 is 0.836. The minimum atomic E-state index is -0.673. The summed E-state index contributed by atoms with van der Waals surface area (Å²) in [5.74, 6) is 6.15. The second-order valence-electron chi connectivity index (χ2n) is 5.34. The molecule has 1 aliphatic carbocycles. The van der Waals surface area contributed by atoms with Crippen molar-refractivity contribution in [1.82, 2.24) is 0 Å². The molecule has 0 bridgehead atoms. The highest BCUT2D eigenvalue weighted by molar-refractivity contribution is 5.14. The molecule has 14 heavy (non-hydrogen) atoms.